The number of nitriles is 1. The van der Waals surface area contributed by atoms with Crippen molar-refractivity contribution in [1.82, 2.24) is 10.2 Å². The van der Waals surface area contributed by atoms with Crippen molar-refractivity contribution in [1.29, 1.82) is 5.26 Å². The number of rotatable bonds is 5. The maximum Gasteiger partial charge on any atom is 0.326 e. The molecule has 0 aliphatic carbocycles. The lowest BCUT2D eigenvalue weighted by Gasteiger charge is -2.19. The summed E-state index contributed by atoms with van der Waals surface area (Å²) in [6, 6.07) is 0.560. The van der Waals surface area contributed by atoms with E-state index in [1.54, 1.807) is 6.92 Å². The summed E-state index contributed by atoms with van der Waals surface area (Å²) in [6.07, 6.45) is 0.556. The van der Waals surface area contributed by atoms with Crippen molar-refractivity contribution in [2.45, 2.75) is 25.8 Å². The first-order valence-corrected chi connectivity index (χ1v) is 4.64. The van der Waals surface area contributed by atoms with E-state index >= 15 is 0 Å². The zero-order valence-corrected chi connectivity index (χ0v) is 8.86. The maximum absolute atomic E-state index is 11.4. The number of carboxylic acid groups (broad SMARTS) is 1. The van der Waals surface area contributed by atoms with E-state index in [9.17, 15) is 9.59 Å². The molecule has 0 heterocycles. The van der Waals surface area contributed by atoms with Crippen LogP contribution in [0.4, 0.5) is 4.79 Å². The highest BCUT2D eigenvalue weighted by molar-refractivity contribution is 5.82. The van der Waals surface area contributed by atoms with Gasteiger partial charge in [0.05, 0.1) is 12.5 Å². The Labute approximate surface area is 88.5 Å². The maximum atomic E-state index is 11.4. The van der Waals surface area contributed by atoms with Gasteiger partial charge in [-0.25, -0.2) is 9.59 Å². The van der Waals surface area contributed by atoms with Crippen LogP contribution in [0.1, 0.15) is 19.8 Å². The molecule has 0 saturated carbocycles. The van der Waals surface area contributed by atoms with E-state index in [1.165, 1.54) is 11.9 Å². The molecular formula is C9H15N3O3. The van der Waals surface area contributed by atoms with E-state index in [0.29, 0.717) is 13.0 Å². The number of carbonyl (C=O) groups excluding carboxylic acids is 1. The fourth-order valence-electron chi connectivity index (χ4n) is 0.917. The van der Waals surface area contributed by atoms with E-state index in [2.05, 4.69) is 5.32 Å². The third kappa shape index (κ3) is 4.86. The molecular weight excluding hydrogens is 198 g/mol. The monoisotopic (exact) mass is 213 g/mol. The summed E-state index contributed by atoms with van der Waals surface area (Å²) in [6.45, 7) is 1.97. The average Bonchev–Trinajstić information content (AvgIpc) is 2.21. The molecule has 84 valence electrons. The fourth-order valence-corrected chi connectivity index (χ4v) is 0.917. The summed E-state index contributed by atoms with van der Waals surface area (Å²) in [5, 5.41) is 19.4. The van der Waals surface area contributed by atoms with Gasteiger partial charge in [0.2, 0.25) is 0 Å². The molecule has 0 fully saturated rings. The highest BCUT2D eigenvalue weighted by atomic mass is 16.4. The van der Waals surface area contributed by atoms with Crippen LogP contribution in [-0.2, 0) is 4.79 Å². The molecule has 0 aromatic rings. The third-order valence-corrected chi connectivity index (χ3v) is 1.91. The van der Waals surface area contributed by atoms with Crippen molar-refractivity contribution < 1.29 is 14.7 Å². The van der Waals surface area contributed by atoms with E-state index in [4.69, 9.17) is 10.4 Å². The lowest BCUT2D eigenvalue weighted by atomic mass is 10.2. The summed E-state index contributed by atoms with van der Waals surface area (Å²) in [5.74, 6) is -1.06. The van der Waals surface area contributed by atoms with Gasteiger partial charge in [0.25, 0.3) is 0 Å². The molecule has 0 saturated heterocycles. The minimum Gasteiger partial charge on any atom is -0.480 e. The SMILES string of the molecule is CCC(NC(=O)N(C)CCC#N)C(=O)O. The van der Waals surface area contributed by atoms with Crippen molar-refractivity contribution in [2.75, 3.05) is 13.6 Å². The summed E-state index contributed by atoms with van der Waals surface area (Å²) >= 11 is 0. The zero-order valence-electron chi connectivity index (χ0n) is 8.86. The lowest BCUT2D eigenvalue weighted by Crippen LogP contribution is -2.46. The Kier molecular flexibility index (Phi) is 5.86. The summed E-state index contributed by atoms with van der Waals surface area (Å²) < 4.78 is 0. The van der Waals surface area contributed by atoms with Crippen LogP contribution in [0.5, 0.6) is 0 Å². The predicted molar refractivity (Wildman–Crippen MR) is 53.1 cm³/mol. The molecule has 0 rings (SSSR count). The van der Waals surface area contributed by atoms with E-state index < -0.39 is 18.0 Å². The second-order valence-corrected chi connectivity index (χ2v) is 3.08. The van der Waals surface area contributed by atoms with Crippen LogP contribution in [0.25, 0.3) is 0 Å². The number of hydrogen-bond donors (Lipinski definition) is 2. The molecule has 2 N–H and O–H groups in total. The molecule has 6 heteroatoms. The molecule has 0 aromatic heterocycles. The number of hydrogen-bond acceptors (Lipinski definition) is 3. The Morgan fingerprint density at radius 1 is 1.60 bits per heavy atom. The van der Waals surface area contributed by atoms with Crippen LogP contribution in [0.15, 0.2) is 0 Å². The molecule has 0 aliphatic rings. The van der Waals surface area contributed by atoms with Crippen molar-refractivity contribution >= 4 is 12.0 Å². The molecule has 1 unspecified atom stereocenters. The highest BCUT2D eigenvalue weighted by Gasteiger charge is 2.19. The predicted octanol–water partition coefficient (Wildman–Crippen LogP) is 0.405. The number of carboxylic acids is 1. The van der Waals surface area contributed by atoms with Crippen LogP contribution in [0, 0.1) is 11.3 Å². The minimum atomic E-state index is -1.06. The first kappa shape index (κ1) is 13.2. The van der Waals surface area contributed by atoms with E-state index in [1.807, 2.05) is 6.07 Å². The zero-order chi connectivity index (χ0) is 11.8. The molecule has 1 atom stereocenters. The topological polar surface area (TPSA) is 93.4 Å². The first-order chi connectivity index (χ1) is 7.02. The average molecular weight is 213 g/mol. The van der Waals surface area contributed by atoms with Gasteiger partial charge < -0.3 is 15.3 Å². The van der Waals surface area contributed by atoms with Gasteiger partial charge in [0, 0.05) is 13.6 Å². The largest absolute Gasteiger partial charge is 0.480 e. The summed E-state index contributed by atoms with van der Waals surface area (Å²) in [5.41, 5.74) is 0. The number of urea groups is 1. The number of nitrogens with zero attached hydrogens (tertiary/aromatic N) is 2. The number of amides is 2. The molecule has 15 heavy (non-hydrogen) atoms. The van der Waals surface area contributed by atoms with Gasteiger partial charge in [-0.1, -0.05) is 6.92 Å². The van der Waals surface area contributed by atoms with Gasteiger partial charge in [-0.2, -0.15) is 5.26 Å². The molecule has 0 spiro atoms. The van der Waals surface area contributed by atoms with Gasteiger partial charge in [-0.05, 0) is 6.42 Å². The number of carbonyl (C=O) groups is 2. The number of nitrogens with one attached hydrogen (secondary N) is 1. The van der Waals surface area contributed by atoms with Gasteiger partial charge in [-0.15, -0.1) is 0 Å². The van der Waals surface area contributed by atoms with Crippen LogP contribution < -0.4 is 5.32 Å². The highest BCUT2D eigenvalue weighted by Crippen LogP contribution is 1.94. The smallest absolute Gasteiger partial charge is 0.326 e. The molecule has 0 aromatic carbocycles. The van der Waals surface area contributed by atoms with Crippen LogP contribution in [0.3, 0.4) is 0 Å². The Morgan fingerprint density at radius 2 is 2.20 bits per heavy atom. The van der Waals surface area contributed by atoms with E-state index in [-0.39, 0.29) is 6.42 Å². The summed E-state index contributed by atoms with van der Waals surface area (Å²) in [7, 11) is 1.52. The summed E-state index contributed by atoms with van der Waals surface area (Å²) in [4.78, 5) is 23.3. The van der Waals surface area contributed by atoms with Crippen molar-refractivity contribution in [3.05, 3.63) is 0 Å². The molecule has 0 bridgehead atoms. The first-order valence-electron chi connectivity index (χ1n) is 4.64. The second-order valence-electron chi connectivity index (χ2n) is 3.08. The lowest BCUT2D eigenvalue weighted by molar-refractivity contribution is -0.139. The van der Waals surface area contributed by atoms with Crippen molar-refractivity contribution in [3.63, 3.8) is 0 Å². The van der Waals surface area contributed by atoms with Crippen molar-refractivity contribution in [2.24, 2.45) is 0 Å². The molecule has 6 nitrogen and oxygen atoms in total. The van der Waals surface area contributed by atoms with E-state index in [0.717, 1.165) is 0 Å². The standard InChI is InChI=1S/C9H15N3O3/c1-3-7(8(13)14)11-9(15)12(2)6-4-5-10/h7H,3-4,6H2,1-2H3,(H,11,15)(H,13,14). The number of aliphatic carboxylic acids is 1. The minimum absolute atomic E-state index is 0.230. The van der Waals surface area contributed by atoms with Gasteiger partial charge in [0.1, 0.15) is 6.04 Å². The Morgan fingerprint density at radius 3 is 2.60 bits per heavy atom. The Bertz CT molecular complexity index is 272. The molecule has 0 aliphatic heterocycles. The second kappa shape index (κ2) is 6.65. The normalized spacial score (nSPS) is 11.3. The Hall–Kier alpha value is -1.77. The van der Waals surface area contributed by atoms with Gasteiger partial charge in [-0.3, -0.25) is 0 Å². The van der Waals surface area contributed by atoms with Gasteiger partial charge >= 0.3 is 12.0 Å². The molecule has 2 amide bonds. The fraction of sp³-hybridized carbons (Fsp3) is 0.667. The van der Waals surface area contributed by atoms with Crippen LogP contribution in [0.2, 0.25) is 0 Å². The van der Waals surface area contributed by atoms with Crippen LogP contribution >= 0.6 is 0 Å². The Balaban J connectivity index is 4.11. The van der Waals surface area contributed by atoms with Gasteiger partial charge in [0.15, 0.2) is 0 Å². The third-order valence-electron chi connectivity index (χ3n) is 1.91. The van der Waals surface area contributed by atoms with Crippen molar-refractivity contribution in [3.8, 4) is 6.07 Å². The quantitative estimate of drug-likeness (QED) is 0.691. The molecule has 0 radical (unpaired) electrons. The van der Waals surface area contributed by atoms with Crippen LogP contribution in [-0.4, -0.2) is 41.6 Å².